The first-order valence-electron chi connectivity index (χ1n) is 17.1. The molecule has 50 heavy (non-hydrogen) atoms. The monoisotopic (exact) mass is 637 g/mol. The molecular weight excluding hydrogens is 607 g/mol. The van der Waals surface area contributed by atoms with Crippen molar-refractivity contribution in [3.8, 4) is 22.3 Å². The number of para-hydroxylation sites is 1. The average Bonchev–Trinajstić information content (AvgIpc) is 3.56. The highest BCUT2D eigenvalue weighted by molar-refractivity contribution is 6.14. The Kier molecular flexibility index (Phi) is 6.53. The summed E-state index contributed by atoms with van der Waals surface area (Å²) in [6, 6.07) is 67.5. The van der Waals surface area contributed by atoms with Crippen LogP contribution in [-0.2, 0) is 0 Å². The summed E-state index contributed by atoms with van der Waals surface area (Å²) in [5.74, 6) is 0. The van der Waals surface area contributed by atoms with E-state index >= 15 is 0 Å². The number of nitrogens with zero attached hydrogens (tertiary/aromatic N) is 1. The molecule has 0 aliphatic rings. The molecule has 0 saturated carbocycles. The quantitative estimate of drug-likeness (QED) is 0.175. The third kappa shape index (κ3) is 4.65. The summed E-state index contributed by atoms with van der Waals surface area (Å²) in [7, 11) is 0. The number of furan rings is 1. The lowest BCUT2D eigenvalue weighted by Gasteiger charge is -2.26. The Morgan fingerprint density at radius 1 is 0.300 bits per heavy atom. The van der Waals surface area contributed by atoms with E-state index in [1.165, 1.54) is 54.6 Å². The van der Waals surface area contributed by atoms with Gasteiger partial charge in [0.2, 0.25) is 0 Å². The first-order chi connectivity index (χ1) is 24.8. The summed E-state index contributed by atoms with van der Waals surface area (Å²) in [6.07, 6.45) is 0. The van der Waals surface area contributed by atoms with Crippen LogP contribution in [0, 0.1) is 0 Å². The lowest BCUT2D eigenvalue weighted by atomic mass is 9.93. The molecule has 0 aliphatic heterocycles. The van der Waals surface area contributed by atoms with Gasteiger partial charge in [0.15, 0.2) is 0 Å². The van der Waals surface area contributed by atoms with Crippen molar-refractivity contribution in [1.82, 2.24) is 0 Å². The van der Waals surface area contributed by atoms with Crippen LogP contribution in [-0.4, -0.2) is 0 Å². The van der Waals surface area contributed by atoms with Crippen LogP contribution < -0.4 is 4.90 Å². The van der Waals surface area contributed by atoms with E-state index in [0.29, 0.717) is 0 Å². The standard InChI is InChI=1S/C48H31NO/c1-3-16-39-32(11-1)13-10-21-40(39)34-14-9-15-37(29-34)49(38-27-28-45-44-20-7-8-22-47(44)50-48(45)31-38)36-25-23-33(24-26-36)46-30-35-12-2-4-17-41(35)42-18-5-6-19-43(42)46/h1-31H. The SMILES string of the molecule is c1cc(-c2cccc3ccccc23)cc(N(c2ccc(-c3cc4ccccc4c4ccccc34)cc2)c2ccc3c(c2)oc2ccccc23)c1. The first-order valence-corrected chi connectivity index (χ1v) is 17.1. The van der Waals surface area contributed by atoms with E-state index in [1.807, 2.05) is 12.1 Å². The number of benzene rings is 9. The van der Waals surface area contributed by atoms with Crippen molar-refractivity contribution in [2.45, 2.75) is 0 Å². The van der Waals surface area contributed by atoms with Gasteiger partial charge in [0.05, 0.1) is 0 Å². The molecule has 2 heteroatoms. The van der Waals surface area contributed by atoms with Crippen LogP contribution in [0.15, 0.2) is 192 Å². The van der Waals surface area contributed by atoms with Gasteiger partial charge in [-0.3, -0.25) is 0 Å². The molecule has 0 N–H and O–H groups in total. The van der Waals surface area contributed by atoms with Crippen LogP contribution in [0.25, 0.3) is 76.5 Å². The van der Waals surface area contributed by atoms with E-state index in [0.717, 1.165) is 39.0 Å². The molecule has 0 spiro atoms. The van der Waals surface area contributed by atoms with Gasteiger partial charge in [-0.2, -0.15) is 0 Å². The minimum Gasteiger partial charge on any atom is -0.456 e. The molecule has 0 fully saturated rings. The van der Waals surface area contributed by atoms with Crippen LogP contribution >= 0.6 is 0 Å². The minimum absolute atomic E-state index is 0.873. The van der Waals surface area contributed by atoms with E-state index in [9.17, 15) is 0 Å². The fourth-order valence-electron chi connectivity index (χ4n) is 7.67. The fourth-order valence-corrected chi connectivity index (χ4v) is 7.67. The molecule has 0 bridgehead atoms. The summed E-state index contributed by atoms with van der Waals surface area (Å²) >= 11 is 0. The maximum Gasteiger partial charge on any atom is 0.137 e. The van der Waals surface area contributed by atoms with Crippen molar-refractivity contribution in [2.24, 2.45) is 0 Å². The van der Waals surface area contributed by atoms with Gasteiger partial charge in [-0.1, -0.05) is 133 Å². The third-order valence-electron chi connectivity index (χ3n) is 10.0. The molecule has 2 nitrogen and oxygen atoms in total. The largest absolute Gasteiger partial charge is 0.456 e. The van der Waals surface area contributed by atoms with E-state index in [2.05, 4.69) is 181 Å². The predicted molar refractivity (Wildman–Crippen MR) is 212 cm³/mol. The van der Waals surface area contributed by atoms with Crippen LogP contribution in [0.3, 0.4) is 0 Å². The Labute approximate surface area is 290 Å². The second-order valence-electron chi connectivity index (χ2n) is 12.9. The zero-order valence-corrected chi connectivity index (χ0v) is 27.3. The molecular formula is C48H31NO. The molecule has 10 rings (SSSR count). The van der Waals surface area contributed by atoms with Crippen molar-refractivity contribution in [3.05, 3.63) is 188 Å². The molecule has 10 aromatic rings. The lowest BCUT2D eigenvalue weighted by Crippen LogP contribution is -2.10. The zero-order chi connectivity index (χ0) is 33.0. The zero-order valence-electron chi connectivity index (χ0n) is 27.3. The van der Waals surface area contributed by atoms with Crippen molar-refractivity contribution in [2.75, 3.05) is 4.90 Å². The molecule has 0 saturated heterocycles. The topological polar surface area (TPSA) is 16.4 Å². The first kappa shape index (κ1) is 28.4. The van der Waals surface area contributed by atoms with Gasteiger partial charge in [0.1, 0.15) is 11.2 Å². The summed E-state index contributed by atoms with van der Waals surface area (Å²) in [5, 5.41) is 9.79. The fraction of sp³-hybridized carbons (Fsp3) is 0. The summed E-state index contributed by atoms with van der Waals surface area (Å²) in [6.45, 7) is 0. The van der Waals surface area contributed by atoms with Crippen molar-refractivity contribution >= 4 is 71.3 Å². The number of rotatable bonds is 5. The molecule has 1 heterocycles. The van der Waals surface area contributed by atoms with Gasteiger partial charge in [-0.25, -0.2) is 0 Å². The Hall–Kier alpha value is -6.64. The Balaban J connectivity index is 1.14. The van der Waals surface area contributed by atoms with Gasteiger partial charge in [0.25, 0.3) is 0 Å². The molecule has 0 radical (unpaired) electrons. The second kappa shape index (κ2) is 11.5. The maximum atomic E-state index is 6.38. The van der Waals surface area contributed by atoms with Crippen molar-refractivity contribution in [1.29, 1.82) is 0 Å². The Bertz CT molecular complexity index is 2870. The molecule has 234 valence electrons. The minimum atomic E-state index is 0.873. The van der Waals surface area contributed by atoms with E-state index in [4.69, 9.17) is 4.42 Å². The van der Waals surface area contributed by atoms with E-state index < -0.39 is 0 Å². The predicted octanol–water partition coefficient (Wildman–Crippen LogP) is 13.8. The molecule has 0 unspecified atom stereocenters. The highest BCUT2D eigenvalue weighted by Gasteiger charge is 2.17. The van der Waals surface area contributed by atoms with Crippen LogP contribution in [0.1, 0.15) is 0 Å². The highest BCUT2D eigenvalue weighted by Crippen LogP contribution is 2.42. The van der Waals surface area contributed by atoms with Gasteiger partial charge >= 0.3 is 0 Å². The highest BCUT2D eigenvalue weighted by atomic mass is 16.3. The van der Waals surface area contributed by atoms with Gasteiger partial charge in [-0.05, 0) is 103 Å². The third-order valence-corrected chi connectivity index (χ3v) is 10.0. The summed E-state index contributed by atoms with van der Waals surface area (Å²) in [5.41, 5.74) is 9.78. The number of anilines is 3. The van der Waals surface area contributed by atoms with Gasteiger partial charge in [0, 0.05) is 33.9 Å². The van der Waals surface area contributed by atoms with Crippen LogP contribution in [0.2, 0.25) is 0 Å². The normalized spacial score (nSPS) is 11.6. The molecule has 0 aliphatic carbocycles. The average molecular weight is 638 g/mol. The lowest BCUT2D eigenvalue weighted by molar-refractivity contribution is 0.669. The van der Waals surface area contributed by atoms with Crippen LogP contribution in [0.5, 0.6) is 0 Å². The second-order valence-corrected chi connectivity index (χ2v) is 12.9. The number of fused-ring (bicyclic) bond motifs is 7. The van der Waals surface area contributed by atoms with E-state index in [1.54, 1.807) is 0 Å². The Morgan fingerprint density at radius 2 is 0.920 bits per heavy atom. The van der Waals surface area contributed by atoms with Gasteiger partial charge < -0.3 is 9.32 Å². The molecule has 0 amide bonds. The summed E-state index contributed by atoms with van der Waals surface area (Å²) < 4.78 is 6.38. The van der Waals surface area contributed by atoms with Crippen LogP contribution in [0.4, 0.5) is 17.1 Å². The molecule has 9 aromatic carbocycles. The Morgan fingerprint density at radius 3 is 1.78 bits per heavy atom. The van der Waals surface area contributed by atoms with Crippen molar-refractivity contribution in [3.63, 3.8) is 0 Å². The van der Waals surface area contributed by atoms with E-state index in [-0.39, 0.29) is 0 Å². The summed E-state index contributed by atoms with van der Waals surface area (Å²) in [4.78, 5) is 2.34. The van der Waals surface area contributed by atoms with Gasteiger partial charge in [-0.15, -0.1) is 0 Å². The molecule has 1 aromatic heterocycles. The number of hydrogen-bond acceptors (Lipinski definition) is 2. The van der Waals surface area contributed by atoms with Crippen molar-refractivity contribution < 1.29 is 4.42 Å². The molecule has 0 atom stereocenters. The maximum absolute atomic E-state index is 6.38. The number of hydrogen-bond donors (Lipinski definition) is 0. The smallest absolute Gasteiger partial charge is 0.137 e.